The monoisotopic (exact) mass is 282 g/mol. The van der Waals surface area contributed by atoms with Crippen LogP contribution in [-0.4, -0.2) is 48.2 Å². The van der Waals surface area contributed by atoms with Gasteiger partial charge in [-0.3, -0.25) is 9.69 Å². The van der Waals surface area contributed by atoms with E-state index in [2.05, 4.69) is 31.0 Å². The zero-order valence-electron chi connectivity index (χ0n) is 13.8. The van der Waals surface area contributed by atoms with E-state index in [-0.39, 0.29) is 11.5 Å². The van der Waals surface area contributed by atoms with Crippen molar-refractivity contribution in [3.8, 4) is 0 Å². The highest BCUT2D eigenvalue weighted by Crippen LogP contribution is 2.36. The third kappa shape index (κ3) is 2.86. The van der Waals surface area contributed by atoms with Gasteiger partial charge in [-0.25, -0.2) is 0 Å². The largest absolute Gasteiger partial charge is 0.469 e. The van der Waals surface area contributed by atoms with Crippen LogP contribution in [0.3, 0.4) is 0 Å². The molecule has 1 saturated carbocycles. The van der Waals surface area contributed by atoms with Crippen LogP contribution < -0.4 is 5.32 Å². The fraction of sp³-hybridized carbons (Fsp3) is 0.938. The van der Waals surface area contributed by atoms with Gasteiger partial charge in [0.25, 0.3) is 0 Å². The Morgan fingerprint density at radius 2 is 1.85 bits per heavy atom. The van der Waals surface area contributed by atoms with E-state index in [0.717, 1.165) is 19.0 Å². The van der Waals surface area contributed by atoms with Crippen LogP contribution in [0.15, 0.2) is 0 Å². The summed E-state index contributed by atoms with van der Waals surface area (Å²) < 4.78 is 4.97. The van der Waals surface area contributed by atoms with Crippen LogP contribution in [0.25, 0.3) is 0 Å². The van der Waals surface area contributed by atoms with E-state index in [1.165, 1.54) is 20.0 Å². The predicted molar refractivity (Wildman–Crippen MR) is 80.6 cm³/mol. The molecule has 0 aromatic heterocycles. The summed E-state index contributed by atoms with van der Waals surface area (Å²) in [5.74, 6) is -0.153. The Kier molecular flexibility index (Phi) is 4.18. The highest BCUT2D eigenvalue weighted by Gasteiger charge is 2.47. The molecule has 1 aliphatic heterocycles. The van der Waals surface area contributed by atoms with Crippen molar-refractivity contribution >= 4 is 5.97 Å². The van der Waals surface area contributed by atoms with Crippen LogP contribution in [-0.2, 0) is 9.53 Å². The molecule has 2 rings (SSSR count). The molecule has 1 heterocycles. The van der Waals surface area contributed by atoms with Gasteiger partial charge in [-0.05, 0) is 53.9 Å². The van der Waals surface area contributed by atoms with Crippen molar-refractivity contribution in [2.24, 2.45) is 5.41 Å². The maximum atomic E-state index is 12.0. The Bertz CT molecular complexity index is 375. The number of methoxy groups -OCH3 is 1. The molecule has 20 heavy (non-hydrogen) atoms. The van der Waals surface area contributed by atoms with Gasteiger partial charge in [-0.15, -0.1) is 0 Å². The first kappa shape index (κ1) is 15.8. The molecule has 1 N–H and O–H groups in total. The molecule has 4 nitrogen and oxygen atoms in total. The molecule has 1 saturated heterocycles. The Labute approximate surface area is 123 Å². The number of carbonyl (C=O) groups is 1. The molecule has 2 aliphatic rings. The number of likely N-dealkylation sites (tertiary alicyclic amines) is 1. The van der Waals surface area contributed by atoms with Gasteiger partial charge in [0, 0.05) is 30.2 Å². The first-order valence-electron chi connectivity index (χ1n) is 7.81. The van der Waals surface area contributed by atoms with Crippen LogP contribution in [0, 0.1) is 5.41 Å². The number of nitrogens with zero attached hydrogens (tertiary/aromatic N) is 1. The fourth-order valence-electron chi connectivity index (χ4n) is 3.28. The van der Waals surface area contributed by atoms with Gasteiger partial charge in [-0.1, -0.05) is 0 Å². The smallest absolute Gasteiger partial charge is 0.313 e. The summed E-state index contributed by atoms with van der Waals surface area (Å²) in [6, 6.07) is 1.93. The van der Waals surface area contributed by atoms with Gasteiger partial charge < -0.3 is 10.1 Å². The van der Waals surface area contributed by atoms with Gasteiger partial charge in [0.15, 0.2) is 0 Å². The second kappa shape index (κ2) is 5.30. The Morgan fingerprint density at radius 3 is 2.35 bits per heavy atom. The van der Waals surface area contributed by atoms with E-state index in [1.54, 1.807) is 0 Å². The maximum absolute atomic E-state index is 12.0. The topological polar surface area (TPSA) is 41.6 Å². The summed E-state index contributed by atoms with van der Waals surface area (Å²) in [7, 11) is 1.46. The van der Waals surface area contributed by atoms with E-state index in [0.29, 0.717) is 12.1 Å². The Hall–Kier alpha value is -0.610. The molecule has 2 atom stereocenters. The number of ether oxygens (including phenoxy) is 1. The van der Waals surface area contributed by atoms with Gasteiger partial charge >= 0.3 is 5.97 Å². The molecule has 0 radical (unpaired) electrons. The van der Waals surface area contributed by atoms with Crippen LogP contribution >= 0.6 is 0 Å². The van der Waals surface area contributed by atoms with E-state index in [1.807, 2.05) is 13.8 Å². The van der Waals surface area contributed by atoms with Crippen LogP contribution in [0.2, 0.25) is 0 Å². The first-order valence-corrected chi connectivity index (χ1v) is 7.81. The number of hydrogen-bond acceptors (Lipinski definition) is 4. The summed E-state index contributed by atoms with van der Waals surface area (Å²) in [4.78, 5) is 14.7. The highest BCUT2D eigenvalue weighted by atomic mass is 16.5. The minimum atomic E-state index is -0.544. The standard InChI is InChI=1S/C16H30N2O2/c1-11-9-12(10-18(11)13-7-8-13)17-16(4,5)15(2,3)14(19)20-6/h11-13,17H,7-10H2,1-6H3/t11-,12+/m0/s1. The van der Waals surface area contributed by atoms with Crippen LogP contribution in [0.1, 0.15) is 53.9 Å². The molecular formula is C16H30N2O2. The zero-order chi connectivity index (χ0) is 15.1. The molecule has 0 amide bonds. The number of esters is 1. The molecule has 1 aliphatic carbocycles. The van der Waals surface area contributed by atoms with Crippen LogP contribution in [0.5, 0.6) is 0 Å². The highest BCUT2D eigenvalue weighted by molar-refractivity contribution is 5.77. The van der Waals surface area contributed by atoms with Gasteiger partial charge in [-0.2, -0.15) is 0 Å². The number of nitrogens with one attached hydrogen (secondary N) is 1. The summed E-state index contributed by atoms with van der Waals surface area (Å²) in [5.41, 5.74) is -0.831. The van der Waals surface area contributed by atoms with E-state index in [4.69, 9.17) is 4.74 Å². The summed E-state index contributed by atoms with van der Waals surface area (Å²) in [6.45, 7) is 11.6. The molecular weight excluding hydrogens is 252 g/mol. The average molecular weight is 282 g/mol. The Morgan fingerprint density at radius 1 is 1.25 bits per heavy atom. The molecule has 2 fully saturated rings. The predicted octanol–water partition coefficient (Wildman–Crippen LogP) is 2.18. The molecule has 0 bridgehead atoms. The van der Waals surface area contributed by atoms with Crippen molar-refractivity contribution in [2.75, 3.05) is 13.7 Å². The van der Waals surface area contributed by atoms with Gasteiger partial charge in [0.2, 0.25) is 0 Å². The molecule has 0 aromatic carbocycles. The number of carbonyl (C=O) groups excluding carboxylic acids is 1. The molecule has 0 unspecified atom stereocenters. The summed E-state index contributed by atoms with van der Waals surface area (Å²) >= 11 is 0. The minimum absolute atomic E-state index is 0.153. The van der Waals surface area contributed by atoms with Crippen LogP contribution in [0.4, 0.5) is 0 Å². The zero-order valence-corrected chi connectivity index (χ0v) is 13.8. The summed E-state index contributed by atoms with van der Waals surface area (Å²) in [5, 5.41) is 3.71. The van der Waals surface area contributed by atoms with Crippen molar-refractivity contribution < 1.29 is 9.53 Å². The van der Waals surface area contributed by atoms with Crippen molar-refractivity contribution in [3.05, 3.63) is 0 Å². The third-order valence-electron chi connectivity index (χ3n) is 5.46. The van der Waals surface area contributed by atoms with Crippen molar-refractivity contribution in [1.29, 1.82) is 0 Å². The lowest BCUT2D eigenvalue weighted by atomic mass is 9.74. The second-order valence-electron chi connectivity index (χ2n) is 7.60. The van der Waals surface area contributed by atoms with Crippen molar-refractivity contribution in [1.82, 2.24) is 10.2 Å². The van der Waals surface area contributed by atoms with Gasteiger partial charge in [0.05, 0.1) is 12.5 Å². The van der Waals surface area contributed by atoms with Crippen molar-refractivity contribution in [3.63, 3.8) is 0 Å². The molecule has 4 heteroatoms. The van der Waals surface area contributed by atoms with Gasteiger partial charge in [0.1, 0.15) is 0 Å². The fourth-order valence-corrected chi connectivity index (χ4v) is 3.28. The minimum Gasteiger partial charge on any atom is -0.469 e. The van der Waals surface area contributed by atoms with E-state index >= 15 is 0 Å². The molecule has 116 valence electrons. The normalized spacial score (nSPS) is 28.7. The lowest BCUT2D eigenvalue weighted by Gasteiger charge is -2.42. The number of hydrogen-bond donors (Lipinski definition) is 1. The first-order chi connectivity index (χ1) is 9.19. The average Bonchev–Trinajstić information content (AvgIpc) is 3.12. The molecule has 0 aromatic rings. The SMILES string of the molecule is COC(=O)C(C)(C)C(C)(C)N[C@@H]1C[C@H](C)N(C2CC2)C1. The lowest BCUT2D eigenvalue weighted by molar-refractivity contribution is -0.155. The Balaban J connectivity index is 1.99. The maximum Gasteiger partial charge on any atom is 0.313 e. The van der Waals surface area contributed by atoms with E-state index in [9.17, 15) is 4.79 Å². The lowest BCUT2D eigenvalue weighted by Crippen LogP contribution is -2.58. The quantitative estimate of drug-likeness (QED) is 0.785. The van der Waals surface area contributed by atoms with E-state index < -0.39 is 5.41 Å². The van der Waals surface area contributed by atoms with Crippen molar-refractivity contribution in [2.45, 2.75) is 77.5 Å². The number of rotatable bonds is 5. The second-order valence-corrected chi connectivity index (χ2v) is 7.60. The molecule has 0 spiro atoms. The third-order valence-corrected chi connectivity index (χ3v) is 5.46. The summed E-state index contributed by atoms with van der Waals surface area (Å²) in [6.07, 6.45) is 3.87.